The fraction of sp³-hybridized carbons (Fsp3) is 0.0370. The Balaban J connectivity index is 1.41. The summed E-state index contributed by atoms with van der Waals surface area (Å²) in [4.78, 5) is 16.2. The van der Waals surface area contributed by atoms with Crippen LogP contribution in [0.1, 0.15) is 27.2 Å². The molecular formula is C27H20N2O. The van der Waals surface area contributed by atoms with Gasteiger partial charge < -0.3 is 4.57 Å². The molecule has 0 aliphatic rings. The molecule has 2 aromatic heterocycles. The topological polar surface area (TPSA) is 34.9 Å². The highest BCUT2D eigenvalue weighted by Crippen LogP contribution is 2.21. The normalized spacial score (nSPS) is 11.5. The molecule has 0 aliphatic heterocycles. The molecule has 0 atom stereocenters. The van der Waals surface area contributed by atoms with Crippen molar-refractivity contribution in [1.29, 1.82) is 0 Å². The van der Waals surface area contributed by atoms with Gasteiger partial charge >= 0.3 is 0 Å². The van der Waals surface area contributed by atoms with E-state index in [9.17, 15) is 4.79 Å². The predicted molar refractivity (Wildman–Crippen MR) is 124 cm³/mol. The van der Waals surface area contributed by atoms with Crippen molar-refractivity contribution in [3.63, 3.8) is 0 Å². The lowest BCUT2D eigenvalue weighted by Crippen LogP contribution is -2.00. The zero-order valence-electron chi connectivity index (χ0n) is 16.4. The summed E-state index contributed by atoms with van der Waals surface area (Å²) in [7, 11) is 0. The molecule has 144 valence electrons. The van der Waals surface area contributed by atoms with Crippen molar-refractivity contribution >= 4 is 40.2 Å². The van der Waals surface area contributed by atoms with E-state index < -0.39 is 0 Å². The van der Waals surface area contributed by atoms with Crippen molar-refractivity contribution in [2.45, 2.75) is 6.54 Å². The molecule has 0 bridgehead atoms. The maximum atomic E-state index is 11.5. The molecule has 2 heterocycles. The number of fused-ring (bicyclic) bond motifs is 2. The summed E-state index contributed by atoms with van der Waals surface area (Å²) in [6, 6.07) is 28.6. The van der Waals surface area contributed by atoms with Crippen LogP contribution in [0.25, 0.3) is 34.0 Å². The van der Waals surface area contributed by atoms with Gasteiger partial charge in [-0.25, -0.2) is 4.98 Å². The zero-order valence-corrected chi connectivity index (χ0v) is 16.4. The maximum Gasteiger partial charge on any atom is 0.152 e. The third kappa shape index (κ3) is 3.53. The van der Waals surface area contributed by atoms with Crippen LogP contribution in [0.15, 0.2) is 91.1 Å². The van der Waals surface area contributed by atoms with Crippen molar-refractivity contribution in [3.8, 4) is 0 Å². The van der Waals surface area contributed by atoms with Gasteiger partial charge in [-0.2, -0.15) is 0 Å². The first-order chi connectivity index (χ1) is 14.8. The monoisotopic (exact) mass is 388 g/mol. The van der Waals surface area contributed by atoms with E-state index in [-0.39, 0.29) is 0 Å². The molecule has 0 saturated carbocycles. The van der Waals surface area contributed by atoms with Crippen molar-refractivity contribution in [2.24, 2.45) is 0 Å². The van der Waals surface area contributed by atoms with Gasteiger partial charge in [0.05, 0.1) is 16.7 Å². The summed E-state index contributed by atoms with van der Waals surface area (Å²) >= 11 is 0. The van der Waals surface area contributed by atoms with Gasteiger partial charge in [0.25, 0.3) is 0 Å². The molecule has 0 N–H and O–H groups in total. The molecule has 5 rings (SSSR count). The van der Waals surface area contributed by atoms with Crippen LogP contribution in [0.2, 0.25) is 0 Å². The number of rotatable bonds is 5. The highest BCUT2D eigenvalue weighted by Gasteiger charge is 2.06. The van der Waals surface area contributed by atoms with Gasteiger partial charge in [-0.3, -0.25) is 4.79 Å². The van der Waals surface area contributed by atoms with Crippen molar-refractivity contribution in [1.82, 2.24) is 9.55 Å². The van der Waals surface area contributed by atoms with Crippen molar-refractivity contribution in [2.75, 3.05) is 0 Å². The van der Waals surface area contributed by atoms with E-state index in [4.69, 9.17) is 4.98 Å². The number of para-hydroxylation sites is 2. The van der Waals surface area contributed by atoms with Crippen LogP contribution >= 0.6 is 0 Å². The third-order valence-corrected chi connectivity index (χ3v) is 5.32. The predicted octanol–water partition coefficient (Wildman–Crippen LogP) is 6.22. The first-order valence-corrected chi connectivity index (χ1v) is 9.96. The molecule has 0 spiro atoms. The Bertz CT molecular complexity index is 1390. The number of hydrogen-bond acceptors (Lipinski definition) is 2. The van der Waals surface area contributed by atoms with Crippen LogP contribution in [0, 0.1) is 0 Å². The number of carbonyl (C=O) groups excluding carboxylic acids is 1. The smallest absolute Gasteiger partial charge is 0.152 e. The Kier molecular flexibility index (Phi) is 4.70. The molecular weight excluding hydrogens is 368 g/mol. The van der Waals surface area contributed by atoms with Crippen LogP contribution in [0.4, 0.5) is 0 Å². The molecule has 30 heavy (non-hydrogen) atoms. The van der Waals surface area contributed by atoms with Gasteiger partial charge in [0.2, 0.25) is 0 Å². The molecule has 5 aromatic rings. The lowest BCUT2D eigenvalue weighted by atomic mass is 10.1. The van der Waals surface area contributed by atoms with Gasteiger partial charge in [0, 0.05) is 29.1 Å². The number of hydrogen-bond donors (Lipinski definition) is 0. The van der Waals surface area contributed by atoms with Gasteiger partial charge in [-0.05, 0) is 47.5 Å². The molecule has 0 unspecified atom stereocenters. The average molecular weight is 388 g/mol. The molecule has 0 saturated heterocycles. The fourth-order valence-corrected chi connectivity index (χ4v) is 3.87. The summed E-state index contributed by atoms with van der Waals surface area (Å²) in [5.41, 5.74) is 5.94. The minimum Gasteiger partial charge on any atom is -0.342 e. The molecule has 3 nitrogen and oxygen atoms in total. The second kappa shape index (κ2) is 7.80. The number of aldehydes is 1. The van der Waals surface area contributed by atoms with Gasteiger partial charge in [-0.15, -0.1) is 0 Å². The van der Waals surface area contributed by atoms with E-state index in [1.165, 1.54) is 5.56 Å². The molecule has 0 radical (unpaired) electrons. The first-order valence-electron chi connectivity index (χ1n) is 9.96. The molecule has 3 heteroatoms. The lowest BCUT2D eigenvalue weighted by molar-refractivity contribution is 0.112. The van der Waals surface area contributed by atoms with E-state index in [0.29, 0.717) is 6.54 Å². The van der Waals surface area contributed by atoms with Crippen LogP contribution in [-0.4, -0.2) is 15.8 Å². The number of carbonyl (C=O) groups is 1. The number of benzene rings is 3. The SMILES string of the molecule is O=Cc1cccc2ccn(Cc3cccc(/C=C/c4ccc5ccccc5n4)c3)c12. The molecule has 0 amide bonds. The maximum absolute atomic E-state index is 11.5. The number of pyridine rings is 1. The quantitative estimate of drug-likeness (QED) is 0.335. The summed E-state index contributed by atoms with van der Waals surface area (Å²) in [5, 5.41) is 2.23. The average Bonchev–Trinajstić information content (AvgIpc) is 3.21. The summed E-state index contributed by atoms with van der Waals surface area (Å²) in [6.07, 6.45) is 7.10. The third-order valence-electron chi connectivity index (χ3n) is 5.32. The highest BCUT2D eigenvalue weighted by atomic mass is 16.1. The van der Waals surface area contributed by atoms with Gasteiger partial charge in [0.1, 0.15) is 0 Å². The molecule has 0 aliphatic carbocycles. The molecule has 3 aromatic carbocycles. The Morgan fingerprint density at radius 2 is 1.67 bits per heavy atom. The fourth-order valence-electron chi connectivity index (χ4n) is 3.87. The van der Waals surface area contributed by atoms with Crippen molar-refractivity contribution < 1.29 is 4.79 Å². The van der Waals surface area contributed by atoms with E-state index >= 15 is 0 Å². The summed E-state index contributed by atoms with van der Waals surface area (Å²) in [5.74, 6) is 0. The van der Waals surface area contributed by atoms with Gasteiger partial charge in [-0.1, -0.05) is 60.7 Å². The van der Waals surface area contributed by atoms with Gasteiger partial charge in [0.15, 0.2) is 6.29 Å². The number of nitrogens with zero attached hydrogens (tertiary/aromatic N) is 2. The summed E-state index contributed by atoms with van der Waals surface area (Å²) < 4.78 is 2.13. The van der Waals surface area contributed by atoms with E-state index in [1.807, 2.05) is 54.7 Å². The van der Waals surface area contributed by atoms with E-state index in [0.717, 1.165) is 44.9 Å². The number of aromatic nitrogens is 2. The van der Waals surface area contributed by atoms with E-state index in [2.05, 4.69) is 53.1 Å². The minimum absolute atomic E-state index is 0.713. The van der Waals surface area contributed by atoms with Crippen LogP contribution in [0.5, 0.6) is 0 Å². The lowest BCUT2D eigenvalue weighted by Gasteiger charge is -2.08. The molecule has 0 fully saturated rings. The highest BCUT2D eigenvalue weighted by molar-refractivity contribution is 5.96. The standard InChI is InChI=1S/C27H20N2O/c30-19-24-9-4-8-23-15-16-29(27(23)24)18-21-6-3-5-20(17-21)11-13-25-14-12-22-7-1-2-10-26(22)28-25/h1-17,19H,18H2/b13-11+. The Morgan fingerprint density at radius 3 is 2.60 bits per heavy atom. The van der Waals surface area contributed by atoms with Crippen LogP contribution in [0.3, 0.4) is 0 Å². The largest absolute Gasteiger partial charge is 0.342 e. The second-order valence-electron chi connectivity index (χ2n) is 7.35. The second-order valence-corrected chi connectivity index (χ2v) is 7.35. The first kappa shape index (κ1) is 18.1. The van der Waals surface area contributed by atoms with Crippen LogP contribution in [-0.2, 0) is 6.54 Å². The van der Waals surface area contributed by atoms with E-state index in [1.54, 1.807) is 0 Å². The summed E-state index contributed by atoms with van der Waals surface area (Å²) in [6.45, 7) is 0.713. The Labute approximate surface area is 174 Å². The zero-order chi connectivity index (χ0) is 20.3. The van der Waals surface area contributed by atoms with Crippen molar-refractivity contribution in [3.05, 3.63) is 114 Å². The van der Waals surface area contributed by atoms with Crippen LogP contribution < -0.4 is 0 Å². The Morgan fingerprint density at radius 1 is 0.800 bits per heavy atom. The minimum atomic E-state index is 0.713. The Hall–Kier alpha value is -3.98.